The number of benzene rings is 2. The first-order valence-corrected chi connectivity index (χ1v) is 13.1. The molecule has 0 amide bonds. The number of hydrogen-bond acceptors (Lipinski definition) is 8. The lowest BCUT2D eigenvalue weighted by Crippen LogP contribution is -2.15. The van der Waals surface area contributed by atoms with Gasteiger partial charge in [0.25, 0.3) is 10.0 Å². The van der Waals surface area contributed by atoms with E-state index in [1.807, 2.05) is 44.2 Å². The summed E-state index contributed by atoms with van der Waals surface area (Å²) in [6, 6.07) is 14.6. The number of nitrogens with one attached hydrogen (secondary N) is 1. The SMILES string of the molecule is CC(C)n1c(=O)sc2cc(S(=O)(=O)Nc3nnc(SCc4ccccc4)s3)ccc21. The molecule has 2 aromatic heterocycles. The molecule has 0 bridgehead atoms. The Morgan fingerprint density at radius 2 is 1.87 bits per heavy atom. The van der Waals surface area contributed by atoms with Gasteiger partial charge in [0.05, 0.1) is 15.1 Å². The van der Waals surface area contributed by atoms with Gasteiger partial charge >= 0.3 is 4.87 Å². The second-order valence-electron chi connectivity index (χ2n) is 6.71. The maximum absolute atomic E-state index is 12.8. The predicted molar refractivity (Wildman–Crippen MR) is 123 cm³/mol. The van der Waals surface area contributed by atoms with E-state index in [4.69, 9.17) is 0 Å². The Bertz CT molecular complexity index is 1340. The molecule has 0 radical (unpaired) electrons. The number of sulfonamides is 1. The van der Waals surface area contributed by atoms with Crippen LogP contribution in [-0.4, -0.2) is 23.2 Å². The number of thiazole rings is 1. The lowest BCUT2D eigenvalue weighted by atomic mass is 10.2. The molecule has 0 fully saturated rings. The highest BCUT2D eigenvalue weighted by Gasteiger charge is 2.19. The number of fused-ring (bicyclic) bond motifs is 1. The van der Waals surface area contributed by atoms with Gasteiger partial charge in [-0.25, -0.2) is 8.42 Å². The molecule has 7 nitrogen and oxygen atoms in total. The molecule has 0 saturated heterocycles. The number of rotatable bonds is 7. The second-order valence-corrected chi connectivity index (χ2v) is 11.6. The average Bonchev–Trinajstić information content (AvgIpc) is 3.28. The maximum atomic E-state index is 12.8. The van der Waals surface area contributed by atoms with Crippen molar-refractivity contribution in [2.24, 2.45) is 0 Å². The smallest absolute Gasteiger partial charge is 0.296 e. The van der Waals surface area contributed by atoms with Gasteiger partial charge in [0.1, 0.15) is 0 Å². The Morgan fingerprint density at radius 3 is 2.60 bits per heavy atom. The molecule has 0 saturated carbocycles. The lowest BCUT2D eigenvalue weighted by Gasteiger charge is -2.08. The van der Waals surface area contributed by atoms with Crippen molar-refractivity contribution in [2.75, 3.05) is 4.72 Å². The van der Waals surface area contributed by atoms with Crippen LogP contribution in [0, 0.1) is 0 Å². The van der Waals surface area contributed by atoms with Crippen molar-refractivity contribution in [1.82, 2.24) is 14.8 Å². The van der Waals surface area contributed by atoms with E-state index in [0.717, 1.165) is 28.2 Å². The summed E-state index contributed by atoms with van der Waals surface area (Å²) in [6.07, 6.45) is 0. The summed E-state index contributed by atoms with van der Waals surface area (Å²) < 4.78 is 31.1. The fourth-order valence-corrected chi connectivity index (χ4v) is 6.97. The summed E-state index contributed by atoms with van der Waals surface area (Å²) in [7, 11) is -3.84. The van der Waals surface area contributed by atoms with E-state index in [0.29, 0.717) is 9.04 Å². The van der Waals surface area contributed by atoms with Crippen molar-refractivity contribution in [2.45, 2.75) is 34.9 Å². The van der Waals surface area contributed by atoms with Gasteiger partial charge in [-0.1, -0.05) is 64.8 Å². The zero-order valence-electron chi connectivity index (χ0n) is 16.1. The van der Waals surface area contributed by atoms with Gasteiger partial charge in [0, 0.05) is 11.8 Å². The van der Waals surface area contributed by atoms with E-state index in [9.17, 15) is 13.2 Å². The Balaban J connectivity index is 1.52. The van der Waals surface area contributed by atoms with E-state index < -0.39 is 10.0 Å². The first kappa shape index (κ1) is 21.0. The third-order valence-corrected chi connectivity index (χ3v) is 8.67. The van der Waals surface area contributed by atoms with Crippen LogP contribution < -0.4 is 9.60 Å². The topological polar surface area (TPSA) is 94.0 Å². The monoisotopic (exact) mass is 478 g/mol. The molecule has 2 aromatic carbocycles. The van der Waals surface area contributed by atoms with Crippen LogP contribution >= 0.6 is 34.4 Å². The number of hydrogen-bond donors (Lipinski definition) is 1. The maximum Gasteiger partial charge on any atom is 0.308 e. The molecular weight excluding hydrogens is 461 g/mol. The molecule has 0 aliphatic heterocycles. The van der Waals surface area contributed by atoms with Crippen LogP contribution in [0.2, 0.25) is 0 Å². The molecule has 30 heavy (non-hydrogen) atoms. The normalized spacial score (nSPS) is 12.0. The molecule has 0 atom stereocenters. The first-order chi connectivity index (χ1) is 14.3. The molecular formula is C19H18N4O3S4. The summed E-state index contributed by atoms with van der Waals surface area (Å²) in [5.74, 6) is 0.727. The van der Waals surface area contributed by atoms with Gasteiger partial charge in [0.2, 0.25) is 5.13 Å². The van der Waals surface area contributed by atoms with E-state index in [1.165, 1.54) is 35.2 Å². The molecule has 11 heteroatoms. The van der Waals surface area contributed by atoms with Gasteiger partial charge in [-0.3, -0.25) is 14.1 Å². The summed E-state index contributed by atoms with van der Waals surface area (Å²) in [4.78, 5) is 12.2. The standard InChI is InChI=1S/C19H18N4O3S4/c1-12(2)23-15-9-8-14(10-16(15)28-19(23)24)30(25,26)22-17-20-21-18(29-17)27-11-13-6-4-3-5-7-13/h3-10,12H,11H2,1-2H3,(H,20,22). The fraction of sp³-hybridized carbons (Fsp3) is 0.211. The Hall–Kier alpha value is -2.21. The van der Waals surface area contributed by atoms with Crippen molar-refractivity contribution in [1.29, 1.82) is 0 Å². The van der Waals surface area contributed by atoms with Crippen LogP contribution in [0.4, 0.5) is 5.13 Å². The van der Waals surface area contributed by atoms with Crippen molar-refractivity contribution in [3.63, 3.8) is 0 Å². The zero-order valence-corrected chi connectivity index (χ0v) is 19.4. The van der Waals surface area contributed by atoms with Crippen LogP contribution in [-0.2, 0) is 15.8 Å². The van der Waals surface area contributed by atoms with Crippen LogP contribution in [0.25, 0.3) is 10.2 Å². The van der Waals surface area contributed by atoms with Crippen molar-refractivity contribution in [3.8, 4) is 0 Å². The van der Waals surface area contributed by atoms with E-state index >= 15 is 0 Å². The van der Waals surface area contributed by atoms with E-state index in [2.05, 4.69) is 14.9 Å². The summed E-state index contributed by atoms with van der Waals surface area (Å²) in [6.45, 7) is 3.84. The minimum Gasteiger partial charge on any atom is -0.296 e. The summed E-state index contributed by atoms with van der Waals surface area (Å²) in [5.41, 5.74) is 1.88. The molecule has 2 heterocycles. The van der Waals surface area contributed by atoms with E-state index in [1.54, 1.807) is 10.6 Å². The Morgan fingerprint density at radius 1 is 1.10 bits per heavy atom. The van der Waals surface area contributed by atoms with Crippen molar-refractivity contribution in [3.05, 3.63) is 63.8 Å². The van der Waals surface area contributed by atoms with Gasteiger partial charge in [-0.2, -0.15) is 0 Å². The molecule has 0 spiro atoms. The Labute approximate surface area is 185 Å². The summed E-state index contributed by atoms with van der Waals surface area (Å²) >= 11 is 3.72. The van der Waals surface area contributed by atoms with Crippen molar-refractivity contribution < 1.29 is 8.42 Å². The van der Waals surface area contributed by atoms with Gasteiger partial charge in [-0.05, 0) is 37.6 Å². The highest BCUT2D eigenvalue weighted by Crippen LogP contribution is 2.30. The predicted octanol–water partition coefficient (Wildman–Crippen LogP) is 4.59. The third-order valence-electron chi connectivity index (χ3n) is 4.24. The fourth-order valence-electron chi connectivity index (χ4n) is 2.88. The molecule has 0 unspecified atom stereocenters. The Kier molecular flexibility index (Phi) is 5.96. The molecule has 156 valence electrons. The van der Waals surface area contributed by atoms with Gasteiger partial charge in [-0.15, -0.1) is 10.2 Å². The van der Waals surface area contributed by atoms with E-state index in [-0.39, 0.29) is 20.9 Å². The minimum atomic E-state index is -3.84. The molecule has 0 aliphatic carbocycles. The first-order valence-electron chi connectivity index (χ1n) is 9.01. The number of aromatic nitrogens is 3. The lowest BCUT2D eigenvalue weighted by molar-refractivity contribution is 0.601. The van der Waals surface area contributed by atoms with Crippen LogP contribution in [0.15, 0.2) is 62.6 Å². The van der Waals surface area contributed by atoms with Crippen molar-refractivity contribution >= 4 is 59.8 Å². The largest absolute Gasteiger partial charge is 0.308 e. The van der Waals surface area contributed by atoms with Crippen LogP contribution in [0.3, 0.4) is 0 Å². The minimum absolute atomic E-state index is 0.0000299. The number of thioether (sulfide) groups is 1. The molecule has 0 aliphatic rings. The molecule has 4 rings (SSSR count). The highest BCUT2D eigenvalue weighted by atomic mass is 32.2. The zero-order chi connectivity index (χ0) is 21.3. The average molecular weight is 479 g/mol. The second kappa shape index (κ2) is 8.50. The highest BCUT2D eigenvalue weighted by molar-refractivity contribution is 8.00. The van der Waals surface area contributed by atoms with Gasteiger partial charge in [0.15, 0.2) is 4.34 Å². The van der Waals surface area contributed by atoms with Crippen LogP contribution in [0.5, 0.6) is 0 Å². The molecule has 1 N–H and O–H groups in total. The van der Waals surface area contributed by atoms with Crippen LogP contribution in [0.1, 0.15) is 25.5 Å². The quantitative estimate of drug-likeness (QED) is 0.391. The van der Waals surface area contributed by atoms with Gasteiger partial charge < -0.3 is 0 Å². The number of nitrogens with zero attached hydrogens (tertiary/aromatic N) is 3. The molecule has 4 aromatic rings. The third kappa shape index (κ3) is 4.43. The summed E-state index contributed by atoms with van der Waals surface area (Å²) in [5, 5.41) is 8.21. The number of anilines is 1.